The van der Waals surface area contributed by atoms with Crippen molar-refractivity contribution in [2.24, 2.45) is 11.3 Å². The fourth-order valence-corrected chi connectivity index (χ4v) is 4.02. The van der Waals surface area contributed by atoms with Gasteiger partial charge in [-0.2, -0.15) is 0 Å². The lowest BCUT2D eigenvalue weighted by Crippen LogP contribution is -2.49. The quantitative estimate of drug-likeness (QED) is 0.592. The summed E-state index contributed by atoms with van der Waals surface area (Å²) in [5.41, 5.74) is -0.727. The number of nitrogens with zero attached hydrogens (tertiary/aromatic N) is 4. The third kappa shape index (κ3) is 4.89. The van der Waals surface area contributed by atoms with Crippen LogP contribution in [0, 0.1) is 11.3 Å². The van der Waals surface area contributed by atoms with Crippen LogP contribution >= 0.6 is 0 Å². The third-order valence-corrected chi connectivity index (χ3v) is 5.96. The highest BCUT2D eigenvalue weighted by molar-refractivity contribution is 5.90. The number of hydrogen-bond donors (Lipinski definition) is 3. The van der Waals surface area contributed by atoms with Gasteiger partial charge in [-0.25, -0.2) is 4.68 Å². The minimum atomic E-state index is -0.755. The zero-order chi connectivity index (χ0) is 23.1. The summed E-state index contributed by atoms with van der Waals surface area (Å²) in [4.78, 5) is 39.5. The first-order valence-electron chi connectivity index (χ1n) is 10.8. The van der Waals surface area contributed by atoms with Gasteiger partial charge in [-0.3, -0.25) is 14.4 Å². The Bertz CT molecular complexity index is 854. The van der Waals surface area contributed by atoms with Crippen LogP contribution in [0.5, 0.6) is 0 Å². The van der Waals surface area contributed by atoms with Crippen LogP contribution in [0.1, 0.15) is 65.6 Å². The van der Waals surface area contributed by atoms with E-state index in [0.29, 0.717) is 5.69 Å². The summed E-state index contributed by atoms with van der Waals surface area (Å²) in [6.45, 7) is 9.55. The minimum absolute atomic E-state index is 0.00229. The molecule has 2 unspecified atom stereocenters. The predicted molar refractivity (Wildman–Crippen MR) is 113 cm³/mol. The number of likely N-dealkylation sites (N-methyl/N-ethyl adjacent to an activating group) is 1. The standard InChI is InChI=1S/C21H34N6O4/c1-20(2,3)16(19(31)26-10-13(28)9-14(26)18(30)22-6)27-11-15(24-25-27)21(4,5)23-17(29)12-7-8-12/h11-14,16,28H,7-10H2,1-6H3,(H,22,30)(H,23,29)/t13?,14?,16-/m1/s1. The van der Waals surface area contributed by atoms with Crippen LogP contribution in [0.25, 0.3) is 0 Å². The van der Waals surface area contributed by atoms with Gasteiger partial charge in [0.15, 0.2) is 0 Å². The number of aromatic nitrogens is 3. The van der Waals surface area contributed by atoms with Crippen molar-refractivity contribution in [2.75, 3.05) is 13.6 Å². The summed E-state index contributed by atoms with van der Waals surface area (Å²) in [7, 11) is 1.51. The molecule has 10 heteroatoms. The smallest absolute Gasteiger partial charge is 0.248 e. The number of hydrogen-bond acceptors (Lipinski definition) is 6. The highest BCUT2D eigenvalue weighted by atomic mass is 16.3. The molecule has 2 heterocycles. The first kappa shape index (κ1) is 23.2. The van der Waals surface area contributed by atoms with Crippen molar-refractivity contribution in [2.45, 2.75) is 77.6 Å². The van der Waals surface area contributed by atoms with Crippen LogP contribution in [0.3, 0.4) is 0 Å². The highest BCUT2D eigenvalue weighted by Crippen LogP contribution is 2.35. The van der Waals surface area contributed by atoms with Crippen LogP contribution in [0.4, 0.5) is 0 Å². The summed E-state index contributed by atoms with van der Waals surface area (Å²) >= 11 is 0. The van der Waals surface area contributed by atoms with E-state index in [0.717, 1.165) is 12.8 Å². The molecule has 31 heavy (non-hydrogen) atoms. The Morgan fingerprint density at radius 2 is 1.81 bits per heavy atom. The summed E-state index contributed by atoms with van der Waals surface area (Å²) in [5.74, 6) is -0.529. The van der Waals surface area contributed by atoms with Crippen LogP contribution in [0.2, 0.25) is 0 Å². The lowest BCUT2D eigenvalue weighted by Gasteiger charge is -2.34. The number of aliphatic hydroxyl groups is 1. The summed E-state index contributed by atoms with van der Waals surface area (Å²) in [5, 5.41) is 24.2. The summed E-state index contributed by atoms with van der Waals surface area (Å²) in [6.07, 6.45) is 2.94. The van der Waals surface area contributed by atoms with E-state index in [1.807, 2.05) is 34.6 Å². The van der Waals surface area contributed by atoms with Gasteiger partial charge in [0.2, 0.25) is 17.7 Å². The van der Waals surface area contributed by atoms with Crippen molar-refractivity contribution in [3.05, 3.63) is 11.9 Å². The van der Waals surface area contributed by atoms with Crippen molar-refractivity contribution in [3.8, 4) is 0 Å². The summed E-state index contributed by atoms with van der Waals surface area (Å²) in [6, 6.07) is -1.46. The third-order valence-electron chi connectivity index (χ3n) is 5.96. The molecule has 1 aliphatic carbocycles. The number of β-amino-alcohol motifs (C(OH)–C–C–N with tert-alkyl or cyclic N) is 1. The van der Waals surface area contributed by atoms with Gasteiger partial charge in [-0.05, 0) is 32.1 Å². The van der Waals surface area contributed by atoms with Crippen molar-refractivity contribution in [1.82, 2.24) is 30.5 Å². The number of aliphatic hydroxyl groups excluding tert-OH is 1. The zero-order valence-corrected chi connectivity index (χ0v) is 19.2. The second-order valence-electron chi connectivity index (χ2n) is 10.3. The molecule has 0 aromatic carbocycles. The Morgan fingerprint density at radius 3 is 2.35 bits per heavy atom. The molecule has 1 saturated heterocycles. The van der Waals surface area contributed by atoms with E-state index in [-0.39, 0.29) is 36.6 Å². The maximum atomic E-state index is 13.6. The normalized spacial score (nSPS) is 22.9. The molecular formula is C21H34N6O4. The van der Waals surface area contributed by atoms with Crippen LogP contribution in [-0.2, 0) is 19.9 Å². The van der Waals surface area contributed by atoms with E-state index in [2.05, 4.69) is 20.9 Å². The minimum Gasteiger partial charge on any atom is -0.391 e. The number of nitrogens with one attached hydrogen (secondary N) is 2. The zero-order valence-electron chi connectivity index (χ0n) is 19.2. The molecule has 1 aromatic heterocycles. The molecule has 3 rings (SSSR count). The van der Waals surface area contributed by atoms with Gasteiger partial charge in [0, 0.05) is 25.9 Å². The van der Waals surface area contributed by atoms with E-state index in [9.17, 15) is 19.5 Å². The van der Waals surface area contributed by atoms with Gasteiger partial charge >= 0.3 is 0 Å². The van der Waals surface area contributed by atoms with Crippen molar-refractivity contribution in [3.63, 3.8) is 0 Å². The molecule has 3 amide bonds. The van der Waals surface area contributed by atoms with Gasteiger partial charge < -0.3 is 20.6 Å². The maximum absolute atomic E-state index is 13.6. The molecule has 172 valence electrons. The van der Waals surface area contributed by atoms with E-state index in [1.54, 1.807) is 6.20 Å². The fraction of sp³-hybridized carbons (Fsp3) is 0.762. The van der Waals surface area contributed by atoms with Gasteiger partial charge in [0.25, 0.3) is 0 Å². The second kappa shape index (κ2) is 8.22. The Morgan fingerprint density at radius 1 is 1.16 bits per heavy atom. The molecule has 2 aliphatic rings. The van der Waals surface area contributed by atoms with Crippen LogP contribution in [-0.4, -0.2) is 68.5 Å². The van der Waals surface area contributed by atoms with Gasteiger partial charge in [0.1, 0.15) is 17.8 Å². The Hall–Kier alpha value is -2.49. The van der Waals surface area contributed by atoms with E-state index < -0.39 is 29.1 Å². The Kier molecular flexibility index (Phi) is 6.14. The average molecular weight is 435 g/mol. The fourth-order valence-electron chi connectivity index (χ4n) is 4.02. The Balaban J connectivity index is 1.87. The predicted octanol–water partition coefficient (Wildman–Crippen LogP) is 0.334. The molecule has 0 bridgehead atoms. The number of carbonyl (C=O) groups is 3. The van der Waals surface area contributed by atoms with E-state index in [1.165, 1.54) is 16.6 Å². The topological polar surface area (TPSA) is 129 Å². The van der Waals surface area contributed by atoms with Crippen LogP contribution < -0.4 is 10.6 Å². The van der Waals surface area contributed by atoms with E-state index >= 15 is 0 Å². The Labute approximate surface area is 182 Å². The number of rotatable bonds is 6. The average Bonchev–Trinajstić information content (AvgIpc) is 3.28. The molecule has 10 nitrogen and oxygen atoms in total. The van der Waals surface area contributed by atoms with Gasteiger partial charge in [0.05, 0.1) is 17.8 Å². The lowest BCUT2D eigenvalue weighted by molar-refractivity contribution is -0.144. The first-order valence-corrected chi connectivity index (χ1v) is 10.8. The highest BCUT2D eigenvalue weighted by Gasteiger charge is 2.45. The molecular weight excluding hydrogens is 400 g/mol. The monoisotopic (exact) mass is 434 g/mol. The second-order valence-corrected chi connectivity index (χ2v) is 10.3. The molecule has 1 aliphatic heterocycles. The van der Waals surface area contributed by atoms with Crippen molar-refractivity contribution >= 4 is 17.7 Å². The van der Waals surface area contributed by atoms with Gasteiger partial charge in [-0.1, -0.05) is 26.0 Å². The largest absolute Gasteiger partial charge is 0.391 e. The van der Waals surface area contributed by atoms with Crippen molar-refractivity contribution < 1.29 is 19.5 Å². The van der Waals surface area contributed by atoms with Gasteiger partial charge in [-0.15, -0.1) is 5.10 Å². The number of likely N-dealkylation sites (tertiary alicyclic amines) is 1. The number of carbonyl (C=O) groups excluding carboxylic acids is 3. The SMILES string of the molecule is CNC(=O)C1CC(O)CN1C(=O)[C@@H](n1cc(C(C)(C)NC(=O)C2CC2)nn1)C(C)(C)C. The summed E-state index contributed by atoms with van der Waals surface area (Å²) < 4.78 is 1.51. The van der Waals surface area contributed by atoms with Crippen molar-refractivity contribution in [1.29, 1.82) is 0 Å². The first-order chi connectivity index (χ1) is 14.3. The molecule has 0 radical (unpaired) electrons. The maximum Gasteiger partial charge on any atom is 0.248 e. The van der Waals surface area contributed by atoms with Crippen LogP contribution in [0.15, 0.2) is 6.20 Å². The number of amides is 3. The lowest BCUT2D eigenvalue weighted by atomic mass is 9.85. The molecule has 1 saturated carbocycles. The molecule has 0 spiro atoms. The molecule has 3 atom stereocenters. The van der Waals surface area contributed by atoms with E-state index in [4.69, 9.17) is 0 Å². The molecule has 2 fully saturated rings. The molecule has 1 aromatic rings. The molecule has 3 N–H and O–H groups in total.